The smallest absolute Gasteiger partial charge is 0.0327 e. The second-order valence-electron chi connectivity index (χ2n) is 6.57. The summed E-state index contributed by atoms with van der Waals surface area (Å²) in [5, 5.41) is 0. The number of hydrogen-bond acceptors (Lipinski definition) is 0. The topological polar surface area (TPSA) is 0 Å². The standard InChI is InChI=1S/C13H17.C5H5.C3H6.Hf/c1-3-7-12-10(5-1)9-11-6-2-4-8-13(11)12;1-2-4-5-3-1;1-3-2;/h5H,1-4,6-9H2;1-3H,4H2;1-2H3;/q2*-1;;+2. The first kappa shape index (κ1) is 17.9. The van der Waals surface area contributed by atoms with Crippen LogP contribution in [-0.2, 0) is 23.9 Å². The Labute approximate surface area is 151 Å². The predicted molar refractivity (Wildman–Crippen MR) is 93.2 cm³/mol. The van der Waals surface area contributed by atoms with E-state index in [-0.39, 0.29) is 0 Å². The van der Waals surface area contributed by atoms with Gasteiger partial charge in [-0.15, -0.1) is 18.4 Å². The molecule has 0 spiro atoms. The molecule has 4 aliphatic rings. The van der Waals surface area contributed by atoms with Gasteiger partial charge in [-0.2, -0.15) is 11.6 Å². The molecule has 0 aromatic rings. The molecule has 0 saturated carbocycles. The van der Waals surface area contributed by atoms with Crippen LogP contribution in [0.3, 0.4) is 0 Å². The van der Waals surface area contributed by atoms with E-state index in [4.69, 9.17) is 0 Å². The molecule has 0 aromatic carbocycles. The zero-order chi connectivity index (χ0) is 15.8. The van der Waals surface area contributed by atoms with Gasteiger partial charge in [0.25, 0.3) is 0 Å². The molecule has 22 heavy (non-hydrogen) atoms. The Kier molecular flexibility index (Phi) is 7.86. The molecule has 0 amide bonds. The summed E-state index contributed by atoms with van der Waals surface area (Å²) in [7, 11) is 0. The van der Waals surface area contributed by atoms with Crippen LogP contribution >= 0.6 is 0 Å². The minimum absolute atomic E-state index is 1.01. The Morgan fingerprint density at radius 3 is 2.45 bits per heavy atom. The van der Waals surface area contributed by atoms with E-state index in [1.54, 1.807) is 25.5 Å². The Morgan fingerprint density at radius 2 is 1.82 bits per heavy atom. The molecule has 116 valence electrons. The van der Waals surface area contributed by atoms with Gasteiger partial charge in [-0.05, 0) is 25.7 Å². The van der Waals surface area contributed by atoms with Gasteiger partial charge < -0.3 is 0 Å². The summed E-state index contributed by atoms with van der Waals surface area (Å²) in [5.74, 6) is 0. The van der Waals surface area contributed by atoms with Gasteiger partial charge >= 0.3 is 41.0 Å². The van der Waals surface area contributed by atoms with Gasteiger partial charge in [-0.25, -0.2) is 24.1 Å². The summed E-state index contributed by atoms with van der Waals surface area (Å²) in [6.45, 7) is 4.29. The van der Waals surface area contributed by atoms with E-state index in [1.165, 1.54) is 75.3 Å². The van der Waals surface area contributed by atoms with Crippen LogP contribution in [0.2, 0.25) is 0 Å². The van der Waals surface area contributed by atoms with Gasteiger partial charge in [-0.1, -0.05) is 24.8 Å². The fraction of sp³-hybridized carbons (Fsp3) is 0.524. The third-order valence-corrected chi connectivity index (χ3v) is 4.35. The van der Waals surface area contributed by atoms with E-state index < -0.39 is 0 Å². The maximum atomic E-state index is 2.99. The van der Waals surface area contributed by atoms with E-state index in [2.05, 4.69) is 32.4 Å². The predicted octanol–water partition coefficient (Wildman–Crippen LogP) is 6.00. The van der Waals surface area contributed by atoms with Crippen molar-refractivity contribution in [2.45, 2.75) is 71.6 Å². The van der Waals surface area contributed by atoms with Crippen molar-refractivity contribution < 1.29 is 23.9 Å². The monoisotopic (exact) mass is 460 g/mol. The number of allylic oxidation sites excluding steroid dienone is 8. The molecule has 0 N–H and O–H groups in total. The fourth-order valence-electron chi connectivity index (χ4n) is 3.46. The van der Waals surface area contributed by atoms with Crippen LogP contribution in [0, 0.1) is 12.5 Å². The normalized spacial score (nSPS) is 21.3. The first-order valence-corrected chi connectivity index (χ1v) is 10.5. The summed E-state index contributed by atoms with van der Waals surface area (Å²) in [6.07, 6.45) is 23.6. The van der Waals surface area contributed by atoms with Crippen LogP contribution in [0.15, 0.2) is 40.5 Å². The van der Waals surface area contributed by atoms with Crippen molar-refractivity contribution in [3.05, 3.63) is 53.0 Å². The number of hydrogen-bond donors (Lipinski definition) is 0. The van der Waals surface area contributed by atoms with Crippen LogP contribution in [0.25, 0.3) is 0 Å². The molecular formula is C21H28Hf. The number of rotatable bonds is 0. The molecule has 0 unspecified atom stereocenters. The molecule has 0 bridgehead atoms. The van der Waals surface area contributed by atoms with E-state index in [0.717, 1.165) is 6.42 Å². The SMILES string of the molecule is C[C](C)=[Hf+2].[C-]1=CC=CC1.[CH-]1CCCC2=C1CC1=C2CCCC1. The van der Waals surface area contributed by atoms with Gasteiger partial charge in [0.2, 0.25) is 0 Å². The first-order chi connectivity index (χ1) is 10.7. The summed E-state index contributed by atoms with van der Waals surface area (Å²) < 4.78 is 1.56. The Balaban J connectivity index is 0.000000163. The molecule has 0 nitrogen and oxygen atoms in total. The summed E-state index contributed by atoms with van der Waals surface area (Å²) in [4.78, 5) is 0. The zero-order valence-electron chi connectivity index (χ0n) is 14.2. The van der Waals surface area contributed by atoms with Crippen molar-refractivity contribution in [2.75, 3.05) is 0 Å². The second kappa shape index (κ2) is 9.65. The third-order valence-electron chi connectivity index (χ3n) is 4.35. The quantitative estimate of drug-likeness (QED) is 0.308. The molecule has 0 fully saturated rings. The average molecular weight is 459 g/mol. The van der Waals surface area contributed by atoms with Crippen LogP contribution in [-0.4, -0.2) is 3.26 Å². The van der Waals surface area contributed by atoms with Crippen LogP contribution in [0.5, 0.6) is 0 Å². The van der Waals surface area contributed by atoms with Crippen LogP contribution in [0.1, 0.15) is 71.6 Å². The minimum atomic E-state index is 1.01. The molecule has 0 radical (unpaired) electrons. The van der Waals surface area contributed by atoms with Crippen molar-refractivity contribution in [1.82, 2.24) is 0 Å². The van der Waals surface area contributed by atoms with Gasteiger partial charge in [0.15, 0.2) is 0 Å². The average Bonchev–Trinajstić information content (AvgIpc) is 3.18. The van der Waals surface area contributed by atoms with Gasteiger partial charge in [-0.3, -0.25) is 6.08 Å². The molecule has 4 aliphatic carbocycles. The fourth-order valence-corrected chi connectivity index (χ4v) is 3.46. The maximum absolute atomic E-state index is 2.99. The Bertz CT molecular complexity index is 470. The third kappa shape index (κ3) is 5.65. The van der Waals surface area contributed by atoms with E-state index in [0.29, 0.717) is 0 Å². The van der Waals surface area contributed by atoms with Crippen LogP contribution in [0.4, 0.5) is 0 Å². The maximum Gasteiger partial charge on any atom is -0.0327 e. The van der Waals surface area contributed by atoms with E-state index >= 15 is 0 Å². The van der Waals surface area contributed by atoms with Crippen molar-refractivity contribution in [1.29, 1.82) is 0 Å². The van der Waals surface area contributed by atoms with Crippen LogP contribution < -0.4 is 0 Å². The Hall–Kier alpha value is -0.430. The Morgan fingerprint density at radius 1 is 1.09 bits per heavy atom. The van der Waals surface area contributed by atoms with E-state index in [9.17, 15) is 0 Å². The molecule has 0 atom stereocenters. The van der Waals surface area contributed by atoms with E-state index in [1.807, 2.05) is 12.2 Å². The summed E-state index contributed by atoms with van der Waals surface area (Å²) >= 11 is 1.27. The van der Waals surface area contributed by atoms with Crippen molar-refractivity contribution in [3.63, 3.8) is 0 Å². The molecule has 0 aromatic heterocycles. The summed E-state index contributed by atoms with van der Waals surface area (Å²) in [5.41, 5.74) is 7.06. The van der Waals surface area contributed by atoms with Crippen molar-refractivity contribution in [3.8, 4) is 0 Å². The van der Waals surface area contributed by atoms with Gasteiger partial charge in [0.1, 0.15) is 0 Å². The molecule has 0 aliphatic heterocycles. The minimum Gasteiger partial charge on any atom is -0.273 e. The molecule has 0 saturated heterocycles. The molecular weight excluding hydrogens is 431 g/mol. The van der Waals surface area contributed by atoms with Crippen molar-refractivity contribution >= 4 is 3.26 Å². The first-order valence-electron chi connectivity index (χ1n) is 8.68. The van der Waals surface area contributed by atoms with Crippen molar-refractivity contribution in [2.24, 2.45) is 0 Å². The van der Waals surface area contributed by atoms with Gasteiger partial charge in [0.05, 0.1) is 0 Å². The molecule has 0 heterocycles. The number of fused-ring (bicyclic) bond motifs is 1. The largest absolute Gasteiger partial charge is 0.273 e. The second-order valence-corrected chi connectivity index (χ2v) is 10.2. The van der Waals surface area contributed by atoms with Gasteiger partial charge in [0, 0.05) is 0 Å². The molecule has 1 heteroatoms. The summed E-state index contributed by atoms with van der Waals surface area (Å²) in [6, 6.07) is 0. The zero-order valence-corrected chi connectivity index (χ0v) is 17.8. The molecule has 4 rings (SSSR count).